The van der Waals surface area contributed by atoms with Gasteiger partial charge in [-0.15, -0.1) is 0 Å². The van der Waals surface area contributed by atoms with Crippen LogP contribution in [0.4, 0.5) is 17.8 Å². The number of aromatic nitrogens is 5. The highest BCUT2D eigenvalue weighted by Crippen LogP contribution is 2.12. The summed E-state index contributed by atoms with van der Waals surface area (Å²) in [5.41, 5.74) is 0. The molecule has 0 bridgehead atoms. The fraction of sp³-hybridized carbons (Fsp3) is 0.538. The number of hydrogen-bond acceptors (Lipinski definition) is 7. The first kappa shape index (κ1) is 15.0. The van der Waals surface area contributed by atoms with Crippen molar-refractivity contribution in [3.8, 4) is 0 Å². The molecule has 1 unspecified atom stereocenters. The maximum Gasteiger partial charge on any atom is 0.231 e. The molecule has 0 saturated carbocycles. The van der Waals surface area contributed by atoms with Crippen LogP contribution in [0.2, 0.25) is 0 Å². The Morgan fingerprint density at radius 3 is 2.62 bits per heavy atom. The molecule has 0 saturated heterocycles. The fourth-order valence-electron chi connectivity index (χ4n) is 1.84. The van der Waals surface area contributed by atoms with Crippen LogP contribution < -0.4 is 15.5 Å². The van der Waals surface area contributed by atoms with Crippen molar-refractivity contribution >= 4 is 17.8 Å². The highest BCUT2D eigenvalue weighted by molar-refractivity contribution is 5.43. The molecule has 2 N–H and O–H groups in total. The standard InChI is InChI=1S/C13H22N8/c1-5-15-11-17-12(19-13(18-11)20(3)4)16-10(2)8-21-7-6-14-9-21/h6-7,9-10H,5,8H2,1-4H3,(H2,15,16,17,18,19). The van der Waals surface area contributed by atoms with Crippen molar-refractivity contribution in [2.45, 2.75) is 26.4 Å². The monoisotopic (exact) mass is 290 g/mol. The van der Waals surface area contributed by atoms with Crippen molar-refractivity contribution in [1.82, 2.24) is 24.5 Å². The van der Waals surface area contributed by atoms with Gasteiger partial charge < -0.3 is 20.1 Å². The average molecular weight is 290 g/mol. The van der Waals surface area contributed by atoms with Crippen LogP contribution in [0, 0.1) is 0 Å². The largest absolute Gasteiger partial charge is 0.354 e. The van der Waals surface area contributed by atoms with Gasteiger partial charge in [-0.1, -0.05) is 0 Å². The molecule has 0 aliphatic carbocycles. The average Bonchev–Trinajstić information content (AvgIpc) is 2.91. The third-order valence-electron chi connectivity index (χ3n) is 2.78. The molecule has 8 heteroatoms. The second kappa shape index (κ2) is 6.87. The Hall–Kier alpha value is -2.38. The van der Waals surface area contributed by atoms with Gasteiger partial charge in [0.05, 0.1) is 6.33 Å². The van der Waals surface area contributed by atoms with Gasteiger partial charge in [-0.05, 0) is 13.8 Å². The lowest BCUT2D eigenvalue weighted by Gasteiger charge is -2.17. The molecular weight excluding hydrogens is 268 g/mol. The van der Waals surface area contributed by atoms with Crippen LogP contribution >= 0.6 is 0 Å². The molecule has 0 spiro atoms. The summed E-state index contributed by atoms with van der Waals surface area (Å²) < 4.78 is 2.01. The van der Waals surface area contributed by atoms with Crippen LogP contribution in [-0.4, -0.2) is 51.2 Å². The molecule has 0 aliphatic heterocycles. The molecule has 2 aromatic heterocycles. The second-order valence-corrected chi connectivity index (χ2v) is 5.01. The Balaban J connectivity index is 2.10. The first-order valence-electron chi connectivity index (χ1n) is 6.98. The Morgan fingerprint density at radius 1 is 1.24 bits per heavy atom. The Kier molecular flexibility index (Phi) is 4.91. The van der Waals surface area contributed by atoms with Crippen LogP contribution in [0.15, 0.2) is 18.7 Å². The summed E-state index contributed by atoms with van der Waals surface area (Å²) in [6.07, 6.45) is 5.49. The summed E-state index contributed by atoms with van der Waals surface area (Å²) in [5.74, 6) is 1.77. The van der Waals surface area contributed by atoms with Crippen LogP contribution in [0.1, 0.15) is 13.8 Å². The minimum absolute atomic E-state index is 0.172. The predicted octanol–water partition coefficient (Wildman–Crippen LogP) is 1.07. The summed E-state index contributed by atoms with van der Waals surface area (Å²) in [4.78, 5) is 19.0. The van der Waals surface area contributed by atoms with Gasteiger partial charge in [0.2, 0.25) is 17.8 Å². The number of imidazole rings is 1. The van der Waals surface area contributed by atoms with E-state index in [0.29, 0.717) is 17.8 Å². The van der Waals surface area contributed by atoms with E-state index in [1.165, 1.54) is 0 Å². The zero-order valence-corrected chi connectivity index (χ0v) is 12.9. The Bertz CT molecular complexity index is 551. The summed E-state index contributed by atoms with van der Waals surface area (Å²) >= 11 is 0. The molecule has 0 radical (unpaired) electrons. The van der Waals surface area contributed by atoms with Crippen molar-refractivity contribution in [2.75, 3.05) is 36.2 Å². The van der Waals surface area contributed by atoms with E-state index in [1.54, 1.807) is 12.5 Å². The number of anilines is 3. The van der Waals surface area contributed by atoms with E-state index in [-0.39, 0.29) is 6.04 Å². The molecule has 0 fully saturated rings. The van der Waals surface area contributed by atoms with Crippen LogP contribution in [0.3, 0.4) is 0 Å². The molecule has 0 aliphatic rings. The van der Waals surface area contributed by atoms with E-state index < -0.39 is 0 Å². The van der Waals surface area contributed by atoms with Crippen molar-refractivity contribution < 1.29 is 0 Å². The SMILES string of the molecule is CCNc1nc(NC(C)Cn2ccnc2)nc(N(C)C)n1. The second-order valence-electron chi connectivity index (χ2n) is 5.01. The van der Waals surface area contributed by atoms with E-state index in [9.17, 15) is 0 Å². The highest BCUT2D eigenvalue weighted by atomic mass is 15.3. The summed E-state index contributed by atoms with van der Waals surface area (Å²) in [6.45, 7) is 5.64. The minimum Gasteiger partial charge on any atom is -0.354 e. The van der Waals surface area contributed by atoms with Gasteiger partial charge in [-0.3, -0.25) is 0 Å². The summed E-state index contributed by atoms with van der Waals surface area (Å²) in [5, 5.41) is 6.41. The van der Waals surface area contributed by atoms with Gasteiger partial charge >= 0.3 is 0 Å². The van der Waals surface area contributed by atoms with Gasteiger partial charge in [-0.2, -0.15) is 15.0 Å². The fourth-order valence-corrected chi connectivity index (χ4v) is 1.84. The number of rotatable bonds is 7. The van der Waals surface area contributed by atoms with Crippen LogP contribution in [-0.2, 0) is 6.54 Å². The number of nitrogens with zero attached hydrogens (tertiary/aromatic N) is 6. The molecule has 114 valence electrons. The molecule has 2 aromatic rings. The van der Waals surface area contributed by atoms with Crippen molar-refractivity contribution in [3.63, 3.8) is 0 Å². The smallest absolute Gasteiger partial charge is 0.231 e. The summed E-state index contributed by atoms with van der Waals surface area (Å²) in [7, 11) is 3.81. The van der Waals surface area contributed by atoms with Gasteiger partial charge in [0.15, 0.2) is 0 Å². The molecule has 0 amide bonds. The Morgan fingerprint density at radius 2 is 2.00 bits per heavy atom. The molecular formula is C13H22N8. The zero-order chi connectivity index (χ0) is 15.2. The van der Waals surface area contributed by atoms with Crippen molar-refractivity contribution in [2.24, 2.45) is 0 Å². The number of nitrogens with one attached hydrogen (secondary N) is 2. The van der Waals surface area contributed by atoms with E-state index in [1.807, 2.05) is 36.7 Å². The molecule has 2 rings (SSSR count). The van der Waals surface area contributed by atoms with E-state index >= 15 is 0 Å². The normalized spacial score (nSPS) is 12.0. The van der Waals surface area contributed by atoms with Crippen molar-refractivity contribution in [1.29, 1.82) is 0 Å². The molecule has 2 heterocycles. The highest BCUT2D eigenvalue weighted by Gasteiger charge is 2.10. The molecule has 21 heavy (non-hydrogen) atoms. The van der Waals surface area contributed by atoms with E-state index in [2.05, 4.69) is 37.5 Å². The Labute approximate surface area is 124 Å². The summed E-state index contributed by atoms with van der Waals surface area (Å²) in [6, 6.07) is 0.172. The molecule has 1 atom stereocenters. The van der Waals surface area contributed by atoms with Gasteiger partial charge in [0.1, 0.15) is 0 Å². The third-order valence-corrected chi connectivity index (χ3v) is 2.78. The lowest BCUT2D eigenvalue weighted by Crippen LogP contribution is -2.24. The molecule has 8 nitrogen and oxygen atoms in total. The van der Waals surface area contributed by atoms with Gasteiger partial charge in [0, 0.05) is 45.6 Å². The first-order valence-corrected chi connectivity index (χ1v) is 6.98. The lowest BCUT2D eigenvalue weighted by molar-refractivity contribution is 0.614. The quantitative estimate of drug-likeness (QED) is 0.789. The first-order chi connectivity index (χ1) is 10.1. The zero-order valence-electron chi connectivity index (χ0n) is 12.9. The third kappa shape index (κ3) is 4.30. The van der Waals surface area contributed by atoms with E-state index in [4.69, 9.17) is 0 Å². The maximum atomic E-state index is 4.41. The van der Waals surface area contributed by atoms with Gasteiger partial charge in [0.25, 0.3) is 0 Å². The van der Waals surface area contributed by atoms with Crippen LogP contribution in [0.25, 0.3) is 0 Å². The topological polar surface area (TPSA) is 83.8 Å². The molecule has 0 aromatic carbocycles. The predicted molar refractivity (Wildman–Crippen MR) is 83.6 cm³/mol. The van der Waals surface area contributed by atoms with Gasteiger partial charge in [-0.25, -0.2) is 4.98 Å². The van der Waals surface area contributed by atoms with Crippen molar-refractivity contribution in [3.05, 3.63) is 18.7 Å². The lowest BCUT2D eigenvalue weighted by atomic mass is 10.3. The van der Waals surface area contributed by atoms with Crippen LogP contribution in [0.5, 0.6) is 0 Å². The maximum absolute atomic E-state index is 4.41. The number of hydrogen-bond donors (Lipinski definition) is 2. The minimum atomic E-state index is 0.172. The van der Waals surface area contributed by atoms with E-state index in [0.717, 1.165) is 13.1 Å².